The molecule has 0 unspecified atom stereocenters. The number of nitrogens with one attached hydrogen (secondary N) is 1. The van der Waals surface area contributed by atoms with E-state index in [1.54, 1.807) is 0 Å². The average molecular weight is 263 g/mol. The lowest BCUT2D eigenvalue weighted by Crippen LogP contribution is -2.22. The number of aromatic nitrogens is 1. The van der Waals surface area contributed by atoms with Crippen molar-refractivity contribution in [2.75, 3.05) is 11.9 Å². The maximum Gasteiger partial charge on any atom is 0.0737 e. The molecule has 2 rings (SSSR count). The Labute approximate surface area is 113 Å². The molecule has 0 atom stereocenters. The van der Waals surface area contributed by atoms with E-state index in [-0.39, 0.29) is 0 Å². The summed E-state index contributed by atoms with van der Waals surface area (Å²) in [6, 6.07) is 7.84. The molecule has 0 aliphatic heterocycles. The van der Waals surface area contributed by atoms with E-state index in [0.29, 0.717) is 5.41 Å². The van der Waals surface area contributed by atoms with Crippen LogP contribution in [0.3, 0.4) is 0 Å². The van der Waals surface area contributed by atoms with Crippen molar-refractivity contribution in [1.29, 1.82) is 0 Å². The van der Waals surface area contributed by atoms with E-state index in [1.165, 1.54) is 0 Å². The highest BCUT2D eigenvalue weighted by Crippen LogP contribution is 2.26. The maximum atomic E-state index is 5.98. The molecule has 0 spiro atoms. The normalized spacial score (nSPS) is 11.8. The van der Waals surface area contributed by atoms with Gasteiger partial charge in [-0.25, -0.2) is 0 Å². The van der Waals surface area contributed by atoms with Crippen LogP contribution in [0.15, 0.2) is 30.5 Å². The van der Waals surface area contributed by atoms with Crippen LogP contribution in [-0.2, 0) is 0 Å². The zero-order valence-electron chi connectivity index (χ0n) is 11.1. The predicted molar refractivity (Wildman–Crippen MR) is 79.3 cm³/mol. The molecular weight excluding hydrogens is 244 g/mol. The van der Waals surface area contributed by atoms with Crippen LogP contribution >= 0.6 is 11.6 Å². The fourth-order valence-corrected chi connectivity index (χ4v) is 1.90. The van der Waals surface area contributed by atoms with Crippen molar-refractivity contribution < 1.29 is 0 Å². The Hall–Kier alpha value is -1.28. The van der Waals surface area contributed by atoms with Gasteiger partial charge in [0.25, 0.3) is 0 Å². The van der Waals surface area contributed by atoms with E-state index in [2.05, 4.69) is 31.1 Å². The lowest BCUT2D eigenvalue weighted by molar-refractivity contribution is 0.377. The molecule has 0 bridgehead atoms. The molecule has 3 heteroatoms. The van der Waals surface area contributed by atoms with Crippen LogP contribution in [0.1, 0.15) is 27.2 Å². The Balaban J connectivity index is 2.29. The smallest absolute Gasteiger partial charge is 0.0737 e. The molecule has 0 fully saturated rings. The Kier molecular flexibility index (Phi) is 3.76. The van der Waals surface area contributed by atoms with Gasteiger partial charge >= 0.3 is 0 Å². The number of rotatable bonds is 4. The molecule has 0 saturated carbocycles. The number of anilines is 1. The van der Waals surface area contributed by atoms with E-state index in [9.17, 15) is 0 Å². The lowest BCUT2D eigenvalue weighted by Gasteiger charge is -2.24. The van der Waals surface area contributed by atoms with Crippen LogP contribution < -0.4 is 5.32 Å². The molecule has 96 valence electrons. The fraction of sp³-hybridized carbons (Fsp3) is 0.400. The van der Waals surface area contributed by atoms with Crippen molar-refractivity contribution in [1.82, 2.24) is 4.98 Å². The first kappa shape index (κ1) is 13.2. The summed E-state index contributed by atoms with van der Waals surface area (Å²) in [4.78, 5) is 4.34. The molecule has 0 aliphatic carbocycles. The summed E-state index contributed by atoms with van der Waals surface area (Å²) in [6.07, 6.45) is 2.97. The topological polar surface area (TPSA) is 24.9 Å². The van der Waals surface area contributed by atoms with Gasteiger partial charge in [-0.1, -0.05) is 32.4 Å². The van der Waals surface area contributed by atoms with Gasteiger partial charge in [-0.2, -0.15) is 0 Å². The predicted octanol–water partition coefficient (Wildman–Crippen LogP) is 4.74. The first-order chi connectivity index (χ1) is 8.52. The molecule has 2 nitrogen and oxygen atoms in total. The van der Waals surface area contributed by atoms with Crippen LogP contribution in [0.2, 0.25) is 5.02 Å². The molecule has 0 aliphatic rings. The van der Waals surface area contributed by atoms with Gasteiger partial charge in [0.2, 0.25) is 0 Å². The van der Waals surface area contributed by atoms with Gasteiger partial charge in [0, 0.05) is 28.8 Å². The minimum Gasteiger partial charge on any atom is -0.384 e. The van der Waals surface area contributed by atoms with E-state index in [0.717, 1.165) is 34.6 Å². The number of nitrogens with zero attached hydrogens (tertiary/aromatic N) is 1. The second kappa shape index (κ2) is 5.15. The van der Waals surface area contributed by atoms with E-state index in [1.807, 2.05) is 30.5 Å². The standard InChI is InChI=1S/C15H19ClN2/c1-4-15(2,3)10-18-13-7-8-17-14-9-11(16)5-6-12(13)14/h5-9H,4,10H2,1-3H3,(H,17,18). The highest BCUT2D eigenvalue weighted by atomic mass is 35.5. The minimum absolute atomic E-state index is 0.294. The van der Waals surface area contributed by atoms with Gasteiger partial charge < -0.3 is 5.32 Å². The molecule has 18 heavy (non-hydrogen) atoms. The Morgan fingerprint density at radius 2 is 2.06 bits per heavy atom. The van der Waals surface area contributed by atoms with Gasteiger partial charge in [-0.15, -0.1) is 0 Å². The average Bonchev–Trinajstić information content (AvgIpc) is 2.36. The molecule has 1 heterocycles. The molecule has 0 amide bonds. The first-order valence-corrected chi connectivity index (χ1v) is 6.68. The zero-order chi connectivity index (χ0) is 13.2. The number of hydrogen-bond acceptors (Lipinski definition) is 2. The Morgan fingerprint density at radius 1 is 1.28 bits per heavy atom. The van der Waals surface area contributed by atoms with Gasteiger partial charge in [0.1, 0.15) is 0 Å². The summed E-state index contributed by atoms with van der Waals surface area (Å²) in [6.45, 7) is 7.69. The molecular formula is C15H19ClN2. The summed E-state index contributed by atoms with van der Waals surface area (Å²) >= 11 is 5.98. The summed E-state index contributed by atoms with van der Waals surface area (Å²) in [5.41, 5.74) is 2.35. The van der Waals surface area contributed by atoms with Crippen LogP contribution in [0.5, 0.6) is 0 Å². The van der Waals surface area contributed by atoms with Gasteiger partial charge in [-0.05, 0) is 36.1 Å². The van der Waals surface area contributed by atoms with E-state index < -0.39 is 0 Å². The molecule has 0 radical (unpaired) electrons. The lowest BCUT2D eigenvalue weighted by atomic mass is 9.90. The van der Waals surface area contributed by atoms with Gasteiger partial charge in [-0.3, -0.25) is 4.98 Å². The highest BCUT2D eigenvalue weighted by molar-refractivity contribution is 6.31. The maximum absolute atomic E-state index is 5.98. The van der Waals surface area contributed by atoms with Gasteiger partial charge in [0.15, 0.2) is 0 Å². The van der Waals surface area contributed by atoms with Crippen molar-refractivity contribution in [2.24, 2.45) is 5.41 Å². The number of fused-ring (bicyclic) bond motifs is 1. The van der Waals surface area contributed by atoms with Crippen LogP contribution in [0, 0.1) is 5.41 Å². The van der Waals surface area contributed by atoms with Crippen LogP contribution in [0.4, 0.5) is 5.69 Å². The summed E-state index contributed by atoms with van der Waals surface area (Å²) in [7, 11) is 0. The first-order valence-electron chi connectivity index (χ1n) is 6.30. The largest absolute Gasteiger partial charge is 0.384 e. The third-order valence-electron chi connectivity index (χ3n) is 3.42. The highest BCUT2D eigenvalue weighted by Gasteiger charge is 2.15. The third-order valence-corrected chi connectivity index (χ3v) is 3.65. The summed E-state index contributed by atoms with van der Waals surface area (Å²) in [5.74, 6) is 0. The SMILES string of the molecule is CCC(C)(C)CNc1ccnc2cc(Cl)ccc12. The Bertz CT molecular complexity index is 549. The summed E-state index contributed by atoms with van der Waals surface area (Å²) in [5, 5.41) is 5.36. The molecule has 1 aromatic heterocycles. The van der Waals surface area contributed by atoms with Crippen molar-refractivity contribution in [3.8, 4) is 0 Å². The molecule has 1 N–H and O–H groups in total. The molecule has 0 saturated heterocycles. The quantitative estimate of drug-likeness (QED) is 0.861. The Morgan fingerprint density at radius 3 is 2.78 bits per heavy atom. The molecule has 2 aromatic rings. The second-order valence-corrected chi connectivity index (χ2v) is 5.83. The summed E-state index contributed by atoms with van der Waals surface area (Å²) < 4.78 is 0. The van der Waals surface area contributed by atoms with E-state index in [4.69, 9.17) is 11.6 Å². The third kappa shape index (κ3) is 2.94. The van der Waals surface area contributed by atoms with Crippen LogP contribution in [0.25, 0.3) is 10.9 Å². The van der Waals surface area contributed by atoms with Crippen molar-refractivity contribution in [3.05, 3.63) is 35.5 Å². The van der Waals surface area contributed by atoms with Crippen LogP contribution in [-0.4, -0.2) is 11.5 Å². The second-order valence-electron chi connectivity index (χ2n) is 5.39. The fourth-order valence-electron chi connectivity index (χ4n) is 1.73. The van der Waals surface area contributed by atoms with Crippen molar-refractivity contribution in [3.63, 3.8) is 0 Å². The van der Waals surface area contributed by atoms with Crippen molar-refractivity contribution in [2.45, 2.75) is 27.2 Å². The minimum atomic E-state index is 0.294. The number of pyridine rings is 1. The molecule has 1 aromatic carbocycles. The zero-order valence-corrected chi connectivity index (χ0v) is 11.9. The number of hydrogen-bond donors (Lipinski definition) is 1. The number of benzene rings is 1. The van der Waals surface area contributed by atoms with Gasteiger partial charge in [0.05, 0.1) is 5.52 Å². The van der Waals surface area contributed by atoms with E-state index >= 15 is 0 Å². The monoisotopic (exact) mass is 262 g/mol. The number of halogens is 1. The van der Waals surface area contributed by atoms with Crippen molar-refractivity contribution >= 4 is 28.2 Å².